The van der Waals surface area contributed by atoms with Crippen molar-refractivity contribution in [3.63, 3.8) is 0 Å². The van der Waals surface area contributed by atoms with Crippen LogP contribution in [0.4, 0.5) is 11.4 Å². The van der Waals surface area contributed by atoms with Gasteiger partial charge >= 0.3 is 0 Å². The standard InChI is InChI=1S/C23H31N3O4S2.C2H6/c1-31(27,28)26(32(2,29)30)22-9-7-19(8-10-22)11-15-24-16-13-21(14-17-24)25-18-12-20-5-3-4-6-23(20)25;1-2/h3-10,21H,11-18H2,1-2H3;1-2H3. The number of likely N-dealkylation sites (tertiary alicyclic amines) is 1. The molecule has 0 unspecified atom stereocenters. The second kappa shape index (κ2) is 11.1. The maximum Gasteiger partial charge on any atom is 0.245 e. The molecule has 0 saturated carbocycles. The van der Waals surface area contributed by atoms with Gasteiger partial charge in [0.2, 0.25) is 20.0 Å². The van der Waals surface area contributed by atoms with Crippen LogP contribution in [0.2, 0.25) is 0 Å². The molecule has 34 heavy (non-hydrogen) atoms. The van der Waals surface area contributed by atoms with E-state index in [1.54, 1.807) is 12.1 Å². The third-order valence-corrected chi connectivity index (χ3v) is 9.64. The average Bonchev–Trinajstić information content (AvgIpc) is 3.23. The van der Waals surface area contributed by atoms with Crippen LogP contribution in [0.15, 0.2) is 48.5 Å². The summed E-state index contributed by atoms with van der Waals surface area (Å²) in [4.78, 5) is 5.06. The summed E-state index contributed by atoms with van der Waals surface area (Å²) in [5.41, 5.74) is 4.07. The van der Waals surface area contributed by atoms with Gasteiger partial charge in [-0.2, -0.15) is 3.71 Å². The van der Waals surface area contributed by atoms with Crippen molar-refractivity contribution in [2.75, 3.05) is 47.3 Å². The number of benzene rings is 2. The van der Waals surface area contributed by atoms with Gasteiger partial charge < -0.3 is 9.80 Å². The lowest BCUT2D eigenvalue weighted by Gasteiger charge is -2.38. The van der Waals surface area contributed by atoms with E-state index in [0.717, 1.165) is 69.9 Å². The Morgan fingerprint density at radius 2 is 1.44 bits per heavy atom. The van der Waals surface area contributed by atoms with Crippen molar-refractivity contribution in [2.24, 2.45) is 0 Å². The summed E-state index contributed by atoms with van der Waals surface area (Å²) in [5.74, 6) is 0. The van der Waals surface area contributed by atoms with Gasteiger partial charge in [0.15, 0.2) is 0 Å². The number of nitrogens with zero attached hydrogens (tertiary/aromatic N) is 3. The van der Waals surface area contributed by atoms with Gasteiger partial charge in [0.1, 0.15) is 0 Å². The minimum Gasteiger partial charge on any atom is -0.368 e. The molecule has 7 nitrogen and oxygen atoms in total. The predicted octanol–water partition coefficient (Wildman–Crippen LogP) is 3.51. The van der Waals surface area contributed by atoms with Crippen LogP contribution >= 0.6 is 0 Å². The van der Waals surface area contributed by atoms with Crippen LogP contribution in [0.1, 0.15) is 37.8 Å². The van der Waals surface area contributed by atoms with Crippen molar-refractivity contribution in [1.29, 1.82) is 0 Å². The fourth-order valence-electron chi connectivity index (χ4n) is 4.90. The number of hydrogen-bond acceptors (Lipinski definition) is 6. The molecule has 0 bridgehead atoms. The zero-order valence-electron chi connectivity index (χ0n) is 20.6. The molecule has 0 aliphatic carbocycles. The number of para-hydroxylation sites is 1. The molecular formula is C25H37N3O4S2. The van der Waals surface area contributed by atoms with Crippen molar-refractivity contribution in [3.05, 3.63) is 59.7 Å². The monoisotopic (exact) mass is 507 g/mol. The largest absolute Gasteiger partial charge is 0.368 e. The Kier molecular flexibility index (Phi) is 8.65. The predicted molar refractivity (Wildman–Crippen MR) is 141 cm³/mol. The van der Waals surface area contributed by atoms with Gasteiger partial charge in [-0.25, -0.2) is 16.8 Å². The first-order valence-corrected chi connectivity index (χ1v) is 15.7. The summed E-state index contributed by atoms with van der Waals surface area (Å²) in [7, 11) is -7.83. The van der Waals surface area contributed by atoms with Crippen molar-refractivity contribution in [1.82, 2.24) is 4.90 Å². The second-order valence-corrected chi connectivity index (χ2v) is 12.7. The van der Waals surface area contributed by atoms with Gasteiger partial charge in [-0.05, 0) is 55.0 Å². The second-order valence-electron chi connectivity index (χ2n) is 8.78. The Bertz CT molecular complexity index is 1120. The Labute approximate surface area is 205 Å². The van der Waals surface area contributed by atoms with Gasteiger partial charge in [-0.1, -0.05) is 44.2 Å². The van der Waals surface area contributed by atoms with Gasteiger partial charge in [0, 0.05) is 37.9 Å². The van der Waals surface area contributed by atoms with Gasteiger partial charge in [0.25, 0.3) is 0 Å². The maximum atomic E-state index is 11.9. The van der Waals surface area contributed by atoms with Crippen molar-refractivity contribution >= 4 is 31.4 Å². The lowest BCUT2D eigenvalue weighted by atomic mass is 10.0. The van der Waals surface area contributed by atoms with Crippen LogP contribution in [0.25, 0.3) is 0 Å². The van der Waals surface area contributed by atoms with Crippen molar-refractivity contribution in [3.8, 4) is 0 Å². The van der Waals surface area contributed by atoms with E-state index in [1.165, 1.54) is 11.3 Å². The lowest BCUT2D eigenvalue weighted by molar-refractivity contribution is 0.212. The Morgan fingerprint density at radius 3 is 2.03 bits per heavy atom. The fourth-order valence-corrected chi connectivity index (χ4v) is 7.87. The molecule has 2 aliphatic rings. The normalized spacial score (nSPS) is 17.1. The van der Waals surface area contributed by atoms with Crippen molar-refractivity contribution < 1.29 is 16.8 Å². The number of anilines is 2. The highest BCUT2D eigenvalue weighted by Gasteiger charge is 2.29. The lowest BCUT2D eigenvalue weighted by Crippen LogP contribution is -2.44. The van der Waals surface area contributed by atoms with E-state index in [4.69, 9.17) is 0 Å². The Balaban J connectivity index is 0.00000158. The van der Waals surface area contributed by atoms with E-state index in [0.29, 0.717) is 9.75 Å². The highest BCUT2D eigenvalue weighted by Crippen LogP contribution is 2.32. The zero-order valence-corrected chi connectivity index (χ0v) is 22.3. The molecule has 2 aromatic rings. The van der Waals surface area contributed by atoms with E-state index in [-0.39, 0.29) is 5.69 Å². The first-order chi connectivity index (χ1) is 16.1. The van der Waals surface area contributed by atoms with Crippen LogP contribution in [0.5, 0.6) is 0 Å². The molecule has 0 amide bonds. The summed E-state index contributed by atoms with van der Waals surface area (Å²) in [6, 6.07) is 16.1. The first kappa shape index (κ1) is 26.5. The highest BCUT2D eigenvalue weighted by atomic mass is 32.3. The fraction of sp³-hybridized carbons (Fsp3) is 0.520. The van der Waals surface area contributed by atoms with Gasteiger partial charge in [-0.15, -0.1) is 0 Å². The maximum absolute atomic E-state index is 11.9. The molecule has 0 spiro atoms. The van der Waals surface area contributed by atoms with Crippen LogP contribution < -0.4 is 8.61 Å². The molecule has 0 atom stereocenters. The molecule has 1 fully saturated rings. The zero-order chi connectivity index (χ0) is 24.9. The number of fused-ring (bicyclic) bond motifs is 1. The molecule has 0 aromatic heterocycles. The first-order valence-electron chi connectivity index (χ1n) is 12.0. The molecule has 2 aromatic carbocycles. The summed E-state index contributed by atoms with van der Waals surface area (Å²) in [6.45, 7) is 8.19. The van der Waals surface area contributed by atoms with Gasteiger partial charge in [-0.3, -0.25) is 0 Å². The molecule has 9 heteroatoms. The summed E-state index contributed by atoms with van der Waals surface area (Å²) < 4.78 is 48.2. The summed E-state index contributed by atoms with van der Waals surface area (Å²) in [6.07, 6.45) is 6.09. The molecule has 2 aliphatic heterocycles. The molecule has 2 heterocycles. The SMILES string of the molecule is CC.CS(=O)(=O)N(c1ccc(CCN2CCC(N3CCc4ccccc43)CC2)cc1)S(C)(=O)=O. The minimum absolute atomic E-state index is 0.144. The average molecular weight is 508 g/mol. The quantitative estimate of drug-likeness (QED) is 0.571. The molecule has 0 N–H and O–H groups in total. The molecule has 0 radical (unpaired) electrons. The topological polar surface area (TPSA) is 78.0 Å². The number of sulfonamides is 2. The number of hydrogen-bond donors (Lipinski definition) is 0. The number of piperidine rings is 1. The van der Waals surface area contributed by atoms with E-state index < -0.39 is 20.0 Å². The third-order valence-electron chi connectivity index (χ3n) is 6.39. The van der Waals surface area contributed by atoms with Crippen LogP contribution in [0, 0.1) is 0 Å². The smallest absolute Gasteiger partial charge is 0.245 e. The molecular weight excluding hydrogens is 470 g/mol. The van der Waals surface area contributed by atoms with Crippen LogP contribution in [-0.4, -0.2) is 66.5 Å². The van der Waals surface area contributed by atoms with E-state index in [1.807, 2.05) is 26.0 Å². The van der Waals surface area contributed by atoms with Crippen molar-refractivity contribution in [2.45, 2.75) is 45.6 Å². The van der Waals surface area contributed by atoms with E-state index in [2.05, 4.69) is 34.1 Å². The van der Waals surface area contributed by atoms with Crippen LogP contribution in [0.3, 0.4) is 0 Å². The molecule has 1 saturated heterocycles. The number of rotatable bonds is 7. The Hall–Kier alpha value is -2.10. The highest BCUT2D eigenvalue weighted by molar-refractivity contribution is 8.09. The van der Waals surface area contributed by atoms with E-state index in [9.17, 15) is 16.8 Å². The minimum atomic E-state index is -3.92. The summed E-state index contributed by atoms with van der Waals surface area (Å²) >= 11 is 0. The van der Waals surface area contributed by atoms with Crippen LogP contribution in [-0.2, 0) is 32.9 Å². The molecule has 4 rings (SSSR count). The third kappa shape index (κ3) is 6.31. The van der Waals surface area contributed by atoms with Gasteiger partial charge in [0.05, 0.1) is 18.2 Å². The van der Waals surface area contributed by atoms with E-state index >= 15 is 0 Å². The molecule has 188 valence electrons. The Morgan fingerprint density at radius 1 is 0.853 bits per heavy atom. The summed E-state index contributed by atoms with van der Waals surface area (Å²) in [5, 5.41) is 0.